The van der Waals surface area contributed by atoms with Gasteiger partial charge in [-0.2, -0.15) is 0 Å². The molecule has 0 unspecified atom stereocenters. The normalized spacial score (nSPS) is 12.1. The van der Waals surface area contributed by atoms with Gasteiger partial charge >= 0.3 is 7.12 Å². The average molecular weight is 461 g/mol. The molecule has 5 N–H and O–H groups in total. The Balaban J connectivity index is 2.16. The second-order valence-corrected chi connectivity index (χ2v) is 9.26. The highest BCUT2D eigenvalue weighted by atomic mass is 32.2. The molecule has 0 spiro atoms. The van der Waals surface area contributed by atoms with Gasteiger partial charge in [0.25, 0.3) is 5.91 Å². The molecule has 11 heteroatoms. The molecular weight excluding hydrogens is 433 g/mol. The predicted molar refractivity (Wildman–Crippen MR) is 120 cm³/mol. The molecule has 32 heavy (non-hydrogen) atoms. The van der Waals surface area contributed by atoms with E-state index < -0.39 is 41.3 Å². The van der Waals surface area contributed by atoms with Crippen LogP contribution >= 0.6 is 0 Å². The van der Waals surface area contributed by atoms with Crippen LogP contribution < -0.4 is 11.1 Å². The van der Waals surface area contributed by atoms with Crippen LogP contribution in [0.1, 0.15) is 29.6 Å². The van der Waals surface area contributed by atoms with E-state index >= 15 is 0 Å². The molecule has 2 aromatic carbocycles. The number of carbonyl (C=O) groups is 2. The number of unbranched alkanes of at least 4 members (excludes halogenated alkanes) is 1. The number of amides is 2. The van der Waals surface area contributed by atoms with Crippen LogP contribution in [0.15, 0.2) is 64.4 Å². The van der Waals surface area contributed by atoms with Crippen molar-refractivity contribution in [1.29, 1.82) is 0 Å². The molecule has 2 aromatic rings. The van der Waals surface area contributed by atoms with Crippen LogP contribution in [-0.2, 0) is 14.6 Å². The largest absolute Gasteiger partial charge is 0.475 e. The zero-order chi connectivity index (χ0) is 23.7. The van der Waals surface area contributed by atoms with Crippen LogP contribution in [0.3, 0.4) is 0 Å². The SMILES string of the molecule is CN(CC(=O)N[C@@H](CCCCN)B(O)O)C(=O)c1ccccc1S(=O)(=O)c1ccccc1. The summed E-state index contributed by atoms with van der Waals surface area (Å²) in [5, 5.41) is 21.4. The van der Waals surface area contributed by atoms with E-state index in [4.69, 9.17) is 5.73 Å². The van der Waals surface area contributed by atoms with E-state index in [1.165, 1.54) is 37.4 Å². The highest BCUT2D eigenvalue weighted by molar-refractivity contribution is 7.91. The Kier molecular flexibility index (Phi) is 9.39. The predicted octanol–water partition coefficient (Wildman–Crippen LogP) is 0.217. The molecule has 0 saturated heterocycles. The maximum Gasteiger partial charge on any atom is 0.475 e. The number of nitrogens with zero attached hydrogens (tertiary/aromatic N) is 1. The topological polar surface area (TPSA) is 150 Å². The zero-order valence-electron chi connectivity index (χ0n) is 17.8. The Morgan fingerprint density at radius 2 is 1.69 bits per heavy atom. The molecule has 1 atom stereocenters. The van der Waals surface area contributed by atoms with Gasteiger partial charge in [0.05, 0.1) is 27.8 Å². The first-order valence-electron chi connectivity index (χ1n) is 10.2. The first kappa shape index (κ1) is 25.5. The Morgan fingerprint density at radius 3 is 2.31 bits per heavy atom. The molecule has 0 aliphatic rings. The Bertz CT molecular complexity index is 1020. The molecule has 0 aromatic heterocycles. The summed E-state index contributed by atoms with van der Waals surface area (Å²) in [5.74, 6) is -2.15. The summed E-state index contributed by atoms with van der Waals surface area (Å²) in [6, 6.07) is 13.6. The van der Waals surface area contributed by atoms with E-state index in [2.05, 4.69) is 5.32 Å². The third-order valence-corrected chi connectivity index (χ3v) is 6.69. The van der Waals surface area contributed by atoms with Crippen LogP contribution in [0.5, 0.6) is 0 Å². The lowest BCUT2D eigenvalue weighted by atomic mass is 9.76. The first-order chi connectivity index (χ1) is 15.2. The minimum atomic E-state index is -3.94. The molecule has 2 rings (SSSR count). The molecule has 0 fully saturated rings. The molecule has 0 bridgehead atoms. The number of benzene rings is 2. The van der Waals surface area contributed by atoms with Crippen molar-refractivity contribution in [3.63, 3.8) is 0 Å². The van der Waals surface area contributed by atoms with Crippen molar-refractivity contribution >= 4 is 28.8 Å². The van der Waals surface area contributed by atoms with Crippen molar-refractivity contribution in [2.45, 2.75) is 35.0 Å². The summed E-state index contributed by atoms with van der Waals surface area (Å²) in [7, 11) is -4.33. The summed E-state index contributed by atoms with van der Waals surface area (Å²) >= 11 is 0. The number of nitrogens with one attached hydrogen (secondary N) is 1. The standard InChI is InChI=1S/C21H28BN3O6S/c1-25(15-20(26)24-19(22(28)29)13-7-8-14-23)21(27)17-11-5-6-12-18(17)32(30,31)16-9-3-2-4-10-16/h2-6,9-12,19,28-29H,7-8,13-15,23H2,1H3,(H,24,26)/t19-/m0/s1. The Morgan fingerprint density at radius 1 is 1.06 bits per heavy atom. The van der Waals surface area contributed by atoms with E-state index in [9.17, 15) is 28.1 Å². The van der Waals surface area contributed by atoms with Crippen LogP contribution in [0.4, 0.5) is 0 Å². The third kappa shape index (κ3) is 6.63. The molecule has 172 valence electrons. The fourth-order valence-corrected chi connectivity index (χ4v) is 4.63. The number of hydrogen-bond donors (Lipinski definition) is 4. The molecule has 9 nitrogen and oxygen atoms in total. The number of sulfone groups is 1. The Hall–Kier alpha value is -2.73. The summed E-state index contributed by atoms with van der Waals surface area (Å²) in [6.07, 6.45) is 1.58. The van der Waals surface area contributed by atoms with Crippen molar-refractivity contribution in [3.8, 4) is 0 Å². The summed E-state index contributed by atoms with van der Waals surface area (Å²) in [6.45, 7) is 0.0589. The van der Waals surface area contributed by atoms with Gasteiger partial charge in [0.15, 0.2) is 0 Å². The first-order valence-corrected chi connectivity index (χ1v) is 11.7. The minimum absolute atomic E-state index is 0.0536. The second-order valence-electron chi connectivity index (χ2n) is 7.35. The highest BCUT2D eigenvalue weighted by Crippen LogP contribution is 2.24. The van der Waals surface area contributed by atoms with Crippen molar-refractivity contribution in [2.24, 2.45) is 5.73 Å². The summed E-state index contributed by atoms with van der Waals surface area (Å²) < 4.78 is 26.1. The molecule has 0 saturated carbocycles. The molecule has 0 radical (unpaired) electrons. The molecular formula is C21H28BN3O6S. The smallest absolute Gasteiger partial charge is 0.426 e. The maximum atomic E-state index is 13.0. The number of rotatable bonds is 11. The number of nitrogens with two attached hydrogens (primary N) is 1. The van der Waals surface area contributed by atoms with Crippen LogP contribution in [-0.4, -0.2) is 68.4 Å². The second kappa shape index (κ2) is 11.8. The monoisotopic (exact) mass is 461 g/mol. The van der Waals surface area contributed by atoms with Gasteiger partial charge < -0.3 is 26.0 Å². The Labute approximate surface area is 188 Å². The van der Waals surface area contributed by atoms with Gasteiger partial charge in [-0.25, -0.2) is 8.42 Å². The van der Waals surface area contributed by atoms with E-state index in [0.29, 0.717) is 25.8 Å². The number of carbonyl (C=O) groups excluding carboxylic acids is 2. The molecule has 0 heterocycles. The van der Waals surface area contributed by atoms with Gasteiger partial charge in [0.1, 0.15) is 0 Å². The lowest BCUT2D eigenvalue weighted by Gasteiger charge is -2.22. The maximum absolute atomic E-state index is 13.0. The number of hydrogen-bond acceptors (Lipinski definition) is 7. The number of likely N-dealkylation sites (N-methyl/N-ethyl adjacent to an activating group) is 1. The van der Waals surface area contributed by atoms with Gasteiger partial charge in [-0.1, -0.05) is 36.8 Å². The lowest BCUT2D eigenvalue weighted by Crippen LogP contribution is -2.49. The van der Waals surface area contributed by atoms with Crippen LogP contribution in [0, 0.1) is 0 Å². The highest BCUT2D eigenvalue weighted by Gasteiger charge is 2.28. The fourth-order valence-electron chi connectivity index (χ4n) is 3.15. The van der Waals surface area contributed by atoms with Gasteiger partial charge in [-0.3, -0.25) is 9.59 Å². The van der Waals surface area contributed by atoms with Crippen LogP contribution in [0.25, 0.3) is 0 Å². The summed E-state index contributed by atoms with van der Waals surface area (Å²) in [4.78, 5) is 26.3. The third-order valence-electron chi connectivity index (χ3n) is 4.86. The van der Waals surface area contributed by atoms with Crippen molar-refractivity contribution in [3.05, 3.63) is 60.2 Å². The molecule has 0 aliphatic carbocycles. The molecule has 2 amide bonds. The van der Waals surface area contributed by atoms with Gasteiger partial charge in [0.2, 0.25) is 15.7 Å². The van der Waals surface area contributed by atoms with E-state index in [0.717, 1.165) is 4.90 Å². The quantitative estimate of drug-likeness (QED) is 0.276. The zero-order valence-corrected chi connectivity index (χ0v) is 18.7. The van der Waals surface area contributed by atoms with Crippen LogP contribution in [0.2, 0.25) is 0 Å². The van der Waals surface area contributed by atoms with E-state index in [1.807, 2.05) is 0 Å². The van der Waals surface area contributed by atoms with Gasteiger partial charge in [-0.15, -0.1) is 0 Å². The fraction of sp³-hybridized carbons (Fsp3) is 0.333. The van der Waals surface area contributed by atoms with Crippen molar-refractivity contribution < 1.29 is 28.1 Å². The molecule has 0 aliphatic heterocycles. The van der Waals surface area contributed by atoms with E-state index in [-0.39, 0.29) is 15.4 Å². The van der Waals surface area contributed by atoms with E-state index in [1.54, 1.807) is 24.3 Å². The minimum Gasteiger partial charge on any atom is -0.426 e. The van der Waals surface area contributed by atoms with Gasteiger partial charge in [0, 0.05) is 7.05 Å². The summed E-state index contributed by atoms with van der Waals surface area (Å²) in [5.41, 5.74) is 5.37. The lowest BCUT2D eigenvalue weighted by molar-refractivity contribution is -0.122. The van der Waals surface area contributed by atoms with Gasteiger partial charge in [-0.05, 0) is 43.7 Å². The van der Waals surface area contributed by atoms with Crippen molar-refractivity contribution in [2.75, 3.05) is 20.1 Å². The average Bonchev–Trinajstić information content (AvgIpc) is 2.78. The van der Waals surface area contributed by atoms with Crippen molar-refractivity contribution in [1.82, 2.24) is 10.2 Å².